The van der Waals surface area contributed by atoms with Crippen LogP contribution < -0.4 is 0 Å². The molecule has 4 heteroatoms. The maximum Gasteiger partial charge on any atom is 0.309 e. The van der Waals surface area contributed by atoms with Gasteiger partial charge in [-0.15, -0.1) is 0 Å². The first-order valence-electron chi connectivity index (χ1n) is 8.41. The molecule has 21 heavy (non-hydrogen) atoms. The molecule has 124 valence electrons. The summed E-state index contributed by atoms with van der Waals surface area (Å²) in [6.07, 6.45) is 5.76. The van der Waals surface area contributed by atoms with Crippen molar-refractivity contribution in [3.8, 4) is 0 Å². The average molecular weight is 299 g/mol. The SMILES string of the molecule is CC(CCCCCCN1CCOCC1)C(=O)OC(C)(C)C. The van der Waals surface area contributed by atoms with Gasteiger partial charge in [0.25, 0.3) is 0 Å². The third-order valence-corrected chi connectivity index (χ3v) is 3.77. The lowest BCUT2D eigenvalue weighted by molar-refractivity contribution is -0.159. The van der Waals surface area contributed by atoms with Crippen molar-refractivity contribution in [1.29, 1.82) is 0 Å². The molecule has 1 unspecified atom stereocenters. The summed E-state index contributed by atoms with van der Waals surface area (Å²) in [4.78, 5) is 14.3. The molecule has 1 heterocycles. The lowest BCUT2D eigenvalue weighted by Crippen LogP contribution is -2.36. The second-order valence-electron chi connectivity index (χ2n) is 7.09. The van der Waals surface area contributed by atoms with Crippen molar-refractivity contribution in [2.24, 2.45) is 5.92 Å². The molecule has 0 N–H and O–H groups in total. The first-order chi connectivity index (χ1) is 9.88. The number of carbonyl (C=O) groups is 1. The van der Waals surface area contributed by atoms with E-state index in [1.54, 1.807) is 0 Å². The van der Waals surface area contributed by atoms with Gasteiger partial charge in [0, 0.05) is 13.1 Å². The van der Waals surface area contributed by atoms with Crippen LogP contribution in [-0.4, -0.2) is 49.3 Å². The van der Waals surface area contributed by atoms with Crippen molar-refractivity contribution in [2.45, 2.75) is 65.4 Å². The number of hydrogen-bond donors (Lipinski definition) is 0. The Balaban J connectivity index is 1.99. The van der Waals surface area contributed by atoms with Crippen LogP contribution in [-0.2, 0) is 14.3 Å². The molecule has 1 rings (SSSR count). The zero-order valence-electron chi connectivity index (χ0n) is 14.3. The Labute approximate surface area is 130 Å². The molecule has 1 aliphatic heterocycles. The molecule has 1 aliphatic rings. The van der Waals surface area contributed by atoms with Gasteiger partial charge in [-0.05, 0) is 40.2 Å². The first kappa shape index (κ1) is 18.4. The van der Waals surface area contributed by atoms with E-state index in [9.17, 15) is 4.79 Å². The second kappa shape index (κ2) is 9.42. The van der Waals surface area contributed by atoms with Crippen LogP contribution in [0.4, 0.5) is 0 Å². The second-order valence-corrected chi connectivity index (χ2v) is 7.09. The Morgan fingerprint density at radius 1 is 1.14 bits per heavy atom. The summed E-state index contributed by atoms with van der Waals surface area (Å²) < 4.78 is 10.7. The molecule has 1 fully saturated rings. The summed E-state index contributed by atoms with van der Waals surface area (Å²) in [7, 11) is 0. The minimum Gasteiger partial charge on any atom is -0.460 e. The lowest BCUT2D eigenvalue weighted by Gasteiger charge is -2.26. The highest BCUT2D eigenvalue weighted by molar-refractivity contribution is 5.72. The van der Waals surface area contributed by atoms with Crippen LogP contribution in [0.25, 0.3) is 0 Å². The van der Waals surface area contributed by atoms with E-state index in [-0.39, 0.29) is 17.5 Å². The quantitative estimate of drug-likeness (QED) is 0.509. The maximum atomic E-state index is 11.8. The fourth-order valence-electron chi connectivity index (χ4n) is 2.48. The number of hydrogen-bond acceptors (Lipinski definition) is 4. The van der Waals surface area contributed by atoms with Crippen molar-refractivity contribution >= 4 is 5.97 Å². The fourth-order valence-corrected chi connectivity index (χ4v) is 2.48. The summed E-state index contributed by atoms with van der Waals surface area (Å²) >= 11 is 0. The lowest BCUT2D eigenvalue weighted by atomic mass is 10.0. The predicted octanol–water partition coefficient (Wildman–Crippen LogP) is 3.25. The van der Waals surface area contributed by atoms with E-state index in [1.807, 2.05) is 27.7 Å². The normalized spacial score (nSPS) is 18.5. The summed E-state index contributed by atoms with van der Waals surface area (Å²) in [5.74, 6) is -0.0423. The third-order valence-electron chi connectivity index (χ3n) is 3.77. The third kappa shape index (κ3) is 9.10. The molecule has 1 atom stereocenters. The van der Waals surface area contributed by atoms with E-state index in [4.69, 9.17) is 9.47 Å². The fraction of sp³-hybridized carbons (Fsp3) is 0.941. The highest BCUT2D eigenvalue weighted by Gasteiger charge is 2.21. The average Bonchev–Trinajstić information content (AvgIpc) is 2.41. The van der Waals surface area contributed by atoms with Crippen molar-refractivity contribution in [3.63, 3.8) is 0 Å². The van der Waals surface area contributed by atoms with Gasteiger partial charge in [-0.3, -0.25) is 9.69 Å². The number of rotatable bonds is 8. The number of unbranched alkanes of at least 4 members (excludes halogenated alkanes) is 3. The van der Waals surface area contributed by atoms with Crippen LogP contribution in [0.3, 0.4) is 0 Å². The Bertz CT molecular complexity index is 293. The highest BCUT2D eigenvalue weighted by Crippen LogP contribution is 2.16. The van der Waals surface area contributed by atoms with Gasteiger partial charge >= 0.3 is 5.97 Å². The van der Waals surface area contributed by atoms with Crippen LogP contribution in [0.15, 0.2) is 0 Å². The Morgan fingerprint density at radius 3 is 2.38 bits per heavy atom. The van der Waals surface area contributed by atoms with Gasteiger partial charge in [0.15, 0.2) is 0 Å². The van der Waals surface area contributed by atoms with E-state index in [2.05, 4.69) is 4.90 Å². The Hall–Kier alpha value is -0.610. The monoisotopic (exact) mass is 299 g/mol. The van der Waals surface area contributed by atoms with Crippen molar-refractivity contribution in [3.05, 3.63) is 0 Å². The van der Waals surface area contributed by atoms with E-state index >= 15 is 0 Å². The van der Waals surface area contributed by atoms with Gasteiger partial charge in [-0.25, -0.2) is 0 Å². The number of carbonyl (C=O) groups excluding carboxylic acids is 1. The molecular formula is C17H33NO3. The van der Waals surface area contributed by atoms with Crippen LogP contribution in [0.5, 0.6) is 0 Å². The standard InChI is InChI=1S/C17H33NO3/c1-15(16(19)21-17(2,3)4)9-7-5-6-8-10-18-11-13-20-14-12-18/h15H,5-14H2,1-4H3. The Kier molecular flexibility index (Phi) is 8.27. The highest BCUT2D eigenvalue weighted by atomic mass is 16.6. The molecule has 0 aromatic rings. The number of esters is 1. The van der Waals surface area contributed by atoms with Crippen molar-refractivity contribution in [1.82, 2.24) is 4.90 Å². The summed E-state index contributed by atoms with van der Waals surface area (Å²) in [5.41, 5.74) is -0.372. The summed E-state index contributed by atoms with van der Waals surface area (Å²) in [6, 6.07) is 0. The predicted molar refractivity (Wildman–Crippen MR) is 85.4 cm³/mol. The summed E-state index contributed by atoms with van der Waals surface area (Å²) in [6.45, 7) is 12.8. The van der Waals surface area contributed by atoms with Crippen LogP contribution in [0.1, 0.15) is 59.8 Å². The zero-order chi connectivity index (χ0) is 15.7. The van der Waals surface area contributed by atoms with E-state index < -0.39 is 0 Å². The molecule has 1 saturated heterocycles. The largest absolute Gasteiger partial charge is 0.460 e. The molecule has 0 amide bonds. The molecule has 0 saturated carbocycles. The number of morpholine rings is 1. The summed E-state index contributed by atoms with van der Waals surface area (Å²) in [5, 5.41) is 0. The van der Waals surface area contributed by atoms with Crippen LogP contribution >= 0.6 is 0 Å². The molecule has 0 radical (unpaired) electrons. The minimum absolute atomic E-state index is 0.0171. The number of nitrogens with zero attached hydrogens (tertiary/aromatic N) is 1. The van der Waals surface area contributed by atoms with E-state index in [0.717, 1.165) is 39.1 Å². The van der Waals surface area contributed by atoms with Gasteiger partial charge in [-0.2, -0.15) is 0 Å². The van der Waals surface area contributed by atoms with Crippen LogP contribution in [0, 0.1) is 5.92 Å². The smallest absolute Gasteiger partial charge is 0.309 e. The molecular weight excluding hydrogens is 266 g/mol. The number of ether oxygens (including phenoxy) is 2. The molecule has 0 aliphatic carbocycles. The van der Waals surface area contributed by atoms with Gasteiger partial charge in [-0.1, -0.05) is 26.2 Å². The molecule has 0 aromatic heterocycles. The van der Waals surface area contributed by atoms with Crippen molar-refractivity contribution < 1.29 is 14.3 Å². The topological polar surface area (TPSA) is 38.8 Å². The first-order valence-corrected chi connectivity index (χ1v) is 8.41. The minimum atomic E-state index is -0.372. The molecule has 4 nitrogen and oxygen atoms in total. The van der Waals surface area contributed by atoms with E-state index in [1.165, 1.54) is 25.8 Å². The molecule has 0 spiro atoms. The van der Waals surface area contributed by atoms with Gasteiger partial charge in [0.05, 0.1) is 19.1 Å². The zero-order valence-corrected chi connectivity index (χ0v) is 14.3. The molecule has 0 bridgehead atoms. The van der Waals surface area contributed by atoms with Gasteiger partial charge in [0.2, 0.25) is 0 Å². The van der Waals surface area contributed by atoms with Gasteiger partial charge < -0.3 is 9.47 Å². The van der Waals surface area contributed by atoms with Crippen molar-refractivity contribution in [2.75, 3.05) is 32.8 Å². The Morgan fingerprint density at radius 2 is 1.76 bits per heavy atom. The molecule has 0 aromatic carbocycles. The van der Waals surface area contributed by atoms with Gasteiger partial charge in [0.1, 0.15) is 5.60 Å². The maximum absolute atomic E-state index is 11.8. The van der Waals surface area contributed by atoms with Crippen LogP contribution in [0.2, 0.25) is 0 Å². The van der Waals surface area contributed by atoms with E-state index in [0.29, 0.717) is 0 Å².